The van der Waals surface area contributed by atoms with Crippen LogP contribution in [-0.4, -0.2) is 33.8 Å². The van der Waals surface area contributed by atoms with Crippen LogP contribution in [0.15, 0.2) is 18.3 Å². The van der Waals surface area contributed by atoms with E-state index in [0.29, 0.717) is 6.54 Å². The number of benzene rings is 1. The number of nitrogens with one attached hydrogen (secondary N) is 2. The van der Waals surface area contributed by atoms with Crippen LogP contribution in [0.25, 0.3) is 10.9 Å². The first kappa shape index (κ1) is 11.2. The summed E-state index contributed by atoms with van der Waals surface area (Å²) in [5.74, 6) is 0.236. The monoisotopic (exact) mass is 239 g/mol. The largest absolute Gasteiger partial charge is 0.390 e. The zero-order valence-corrected chi connectivity index (χ0v) is 9.75. The zero-order valence-electron chi connectivity index (χ0n) is 9.00. The van der Waals surface area contributed by atoms with Crippen molar-refractivity contribution in [2.24, 2.45) is 0 Å². The second-order valence-corrected chi connectivity index (χ2v) is 4.12. The van der Waals surface area contributed by atoms with Crippen LogP contribution in [-0.2, 0) is 0 Å². The van der Waals surface area contributed by atoms with E-state index in [1.54, 1.807) is 6.20 Å². The van der Waals surface area contributed by atoms with Crippen LogP contribution in [0.1, 0.15) is 5.56 Å². The molecule has 4 nitrogen and oxygen atoms in total. The first-order valence-electron chi connectivity index (χ1n) is 5.12. The molecule has 1 aromatic carbocycles. The van der Waals surface area contributed by atoms with Crippen molar-refractivity contribution in [2.45, 2.75) is 13.0 Å². The minimum absolute atomic E-state index is 0.236. The molecule has 3 N–H and O–H groups in total. The van der Waals surface area contributed by atoms with Crippen molar-refractivity contribution in [3.8, 4) is 0 Å². The lowest BCUT2D eigenvalue weighted by Gasteiger charge is -2.12. The van der Waals surface area contributed by atoms with Gasteiger partial charge in [-0.15, -0.1) is 11.6 Å². The first-order valence-corrected chi connectivity index (χ1v) is 5.66. The molecule has 1 heterocycles. The standard InChI is InChI=1S/C11H14ClN3O/c1-7-2-11-8(5-14-15-11)3-10(7)13-6-9(16)4-12/h2-3,5,9,13,16H,4,6H2,1H3,(H,14,15). The number of halogens is 1. The van der Waals surface area contributed by atoms with Gasteiger partial charge in [0.1, 0.15) is 0 Å². The summed E-state index contributed by atoms with van der Waals surface area (Å²) in [5, 5.41) is 20.5. The van der Waals surface area contributed by atoms with E-state index in [9.17, 15) is 5.11 Å². The van der Waals surface area contributed by atoms with E-state index in [-0.39, 0.29) is 5.88 Å². The maximum absolute atomic E-state index is 9.37. The third-order valence-electron chi connectivity index (χ3n) is 2.49. The first-order chi connectivity index (χ1) is 7.70. The SMILES string of the molecule is Cc1cc2[nH]ncc2cc1NCC(O)CCl. The molecule has 2 aromatic rings. The fourth-order valence-corrected chi connectivity index (χ4v) is 1.68. The molecule has 2 rings (SSSR count). The maximum atomic E-state index is 9.37. The number of aryl methyl sites for hydroxylation is 1. The molecule has 0 spiro atoms. The van der Waals surface area contributed by atoms with Crippen LogP contribution in [0.4, 0.5) is 5.69 Å². The van der Waals surface area contributed by atoms with Gasteiger partial charge in [0.25, 0.3) is 0 Å². The highest BCUT2D eigenvalue weighted by molar-refractivity contribution is 6.18. The van der Waals surface area contributed by atoms with Crippen LogP contribution >= 0.6 is 11.6 Å². The number of aliphatic hydroxyl groups is 1. The average molecular weight is 240 g/mol. The van der Waals surface area contributed by atoms with E-state index < -0.39 is 6.10 Å². The molecule has 0 fully saturated rings. The Labute approximate surface area is 98.6 Å². The quantitative estimate of drug-likeness (QED) is 0.714. The number of rotatable bonds is 4. The van der Waals surface area contributed by atoms with Crippen LogP contribution in [0.5, 0.6) is 0 Å². The van der Waals surface area contributed by atoms with Crippen molar-refractivity contribution in [1.29, 1.82) is 0 Å². The Balaban J connectivity index is 2.19. The molecule has 0 bridgehead atoms. The Morgan fingerprint density at radius 2 is 2.38 bits per heavy atom. The zero-order chi connectivity index (χ0) is 11.5. The third kappa shape index (κ3) is 2.28. The van der Waals surface area contributed by atoms with Crippen molar-refractivity contribution < 1.29 is 5.11 Å². The third-order valence-corrected chi connectivity index (χ3v) is 2.85. The maximum Gasteiger partial charge on any atom is 0.0847 e. The molecule has 0 saturated carbocycles. The second kappa shape index (κ2) is 4.72. The number of H-pyrrole nitrogens is 1. The molecule has 0 aliphatic heterocycles. The Kier molecular flexibility index (Phi) is 3.31. The number of anilines is 1. The normalized spacial score (nSPS) is 12.9. The highest BCUT2D eigenvalue weighted by Gasteiger charge is 2.05. The van der Waals surface area contributed by atoms with Gasteiger partial charge in [-0.1, -0.05) is 0 Å². The van der Waals surface area contributed by atoms with Gasteiger partial charge < -0.3 is 10.4 Å². The van der Waals surface area contributed by atoms with Crippen LogP contribution in [0.3, 0.4) is 0 Å². The number of aromatic amines is 1. The molecule has 16 heavy (non-hydrogen) atoms. The fourth-order valence-electron chi connectivity index (χ4n) is 1.57. The highest BCUT2D eigenvalue weighted by Crippen LogP contribution is 2.21. The summed E-state index contributed by atoms with van der Waals surface area (Å²) in [6, 6.07) is 4.03. The van der Waals surface area contributed by atoms with E-state index in [0.717, 1.165) is 22.2 Å². The molecule has 0 aliphatic rings. The lowest BCUT2D eigenvalue weighted by Crippen LogP contribution is -2.21. The number of aromatic nitrogens is 2. The van der Waals surface area contributed by atoms with Crippen molar-refractivity contribution >= 4 is 28.2 Å². The van der Waals surface area contributed by atoms with Crippen molar-refractivity contribution in [3.63, 3.8) is 0 Å². The fraction of sp³-hybridized carbons (Fsp3) is 0.364. The number of hydrogen-bond donors (Lipinski definition) is 3. The summed E-state index contributed by atoms with van der Waals surface area (Å²) in [7, 11) is 0. The van der Waals surface area contributed by atoms with Gasteiger partial charge in [-0.05, 0) is 24.6 Å². The summed E-state index contributed by atoms with van der Waals surface area (Å²) >= 11 is 5.53. The molecule has 1 unspecified atom stereocenters. The molecule has 5 heteroatoms. The minimum atomic E-state index is -0.527. The van der Waals surface area contributed by atoms with Gasteiger partial charge in [-0.25, -0.2) is 0 Å². The molecule has 1 atom stereocenters. The van der Waals surface area contributed by atoms with Gasteiger partial charge in [-0.2, -0.15) is 5.10 Å². The Morgan fingerprint density at radius 1 is 1.56 bits per heavy atom. The van der Waals surface area contributed by atoms with Gasteiger partial charge in [-0.3, -0.25) is 5.10 Å². The number of hydrogen-bond acceptors (Lipinski definition) is 3. The number of nitrogens with zero attached hydrogens (tertiary/aromatic N) is 1. The van der Waals surface area contributed by atoms with Gasteiger partial charge >= 0.3 is 0 Å². The average Bonchev–Trinajstić information content (AvgIpc) is 2.72. The van der Waals surface area contributed by atoms with Gasteiger partial charge in [0, 0.05) is 17.6 Å². The highest BCUT2D eigenvalue weighted by atomic mass is 35.5. The summed E-state index contributed by atoms with van der Waals surface area (Å²) < 4.78 is 0. The number of alkyl halides is 1. The molecular weight excluding hydrogens is 226 g/mol. The van der Waals surface area contributed by atoms with Gasteiger partial charge in [0.2, 0.25) is 0 Å². The molecular formula is C11H14ClN3O. The number of fused-ring (bicyclic) bond motifs is 1. The van der Waals surface area contributed by atoms with Crippen LogP contribution < -0.4 is 5.32 Å². The predicted octanol–water partition coefficient (Wildman–Crippen LogP) is 1.88. The predicted molar refractivity (Wildman–Crippen MR) is 66.0 cm³/mol. The van der Waals surface area contributed by atoms with Crippen molar-refractivity contribution in [2.75, 3.05) is 17.7 Å². The molecule has 0 radical (unpaired) electrons. The Bertz CT molecular complexity index is 483. The summed E-state index contributed by atoms with van der Waals surface area (Å²) in [5.41, 5.74) is 3.12. The molecule has 1 aromatic heterocycles. The van der Waals surface area contributed by atoms with E-state index in [1.165, 1.54) is 0 Å². The molecule has 0 aliphatic carbocycles. The summed E-state index contributed by atoms with van der Waals surface area (Å²) in [4.78, 5) is 0. The summed E-state index contributed by atoms with van der Waals surface area (Å²) in [6.45, 7) is 2.46. The van der Waals surface area contributed by atoms with Crippen LogP contribution in [0, 0.1) is 6.92 Å². The van der Waals surface area contributed by atoms with E-state index in [4.69, 9.17) is 11.6 Å². The van der Waals surface area contributed by atoms with Crippen LogP contribution in [0.2, 0.25) is 0 Å². The van der Waals surface area contributed by atoms with E-state index >= 15 is 0 Å². The molecule has 0 amide bonds. The van der Waals surface area contributed by atoms with Crippen molar-refractivity contribution in [1.82, 2.24) is 10.2 Å². The number of aliphatic hydroxyl groups excluding tert-OH is 1. The molecule has 0 saturated heterocycles. The van der Waals surface area contributed by atoms with E-state index in [2.05, 4.69) is 15.5 Å². The Morgan fingerprint density at radius 3 is 3.12 bits per heavy atom. The second-order valence-electron chi connectivity index (χ2n) is 3.81. The lowest BCUT2D eigenvalue weighted by atomic mass is 10.1. The Hall–Kier alpha value is -1.26. The molecule has 86 valence electrons. The van der Waals surface area contributed by atoms with E-state index in [1.807, 2.05) is 19.1 Å². The minimum Gasteiger partial charge on any atom is -0.390 e. The topological polar surface area (TPSA) is 60.9 Å². The van der Waals surface area contributed by atoms with Gasteiger partial charge in [0.15, 0.2) is 0 Å². The lowest BCUT2D eigenvalue weighted by molar-refractivity contribution is 0.211. The van der Waals surface area contributed by atoms with Gasteiger partial charge in [0.05, 0.1) is 23.7 Å². The summed E-state index contributed by atoms with van der Waals surface area (Å²) in [6.07, 6.45) is 1.25. The van der Waals surface area contributed by atoms with Crippen molar-refractivity contribution in [3.05, 3.63) is 23.9 Å². The smallest absolute Gasteiger partial charge is 0.0847 e.